The van der Waals surface area contributed by atoms with E-state index < -0.39 is 0 Å². The van der Waals surface area contributed by atoms with Crippen LogP contribution >= 0.6 is 22.7 Å². The molecule has 0 bridgehead atoms. The van der Waals surface area contributed by atoms with Gasteiger partial charge in [-0.15, -0.1) is 22.7 Å². The quantitative estimate of drug-likeness (QED) is 0.379. The molecule has 0 N–H and O–H groups in total. The number of thiophene rings is 2. The molecule has 0 amide bonds. The van der Waals surface area contributed by atoms with Crippen LogP contribution in [-0.2, 0) is 11.2 Å². The number of carbonyl (C=O) groups excluding carboxylic acids is 1. The molecular weight excluding hydrogens is 408 g/mol. The predicted octanol–water partition coefficient (Wildman–Crippen LogP) is 8.63. The molecule has 0 aromatic carbocycles. The van der Waals surface area contributed by atoms with Gasteiger partial charge in [-0.3, -0.25) is 0 Å². The fourth-order valence-electron chi connectivity index (χ4n) is 5.68. The summed E-state index contributed by atoms with van der Waals surface area (Å²) in [5, 5.41) is 0. The SMILES string of the molecule is CCCC[C@H]1CC[C@H]([C@H]2CC[C@H](OC(=O)c3cc4sc(CCC)cc4s3)CC2)CC1. The minimum Gasteiger partial charge on any atom is -0.458 e. The van der Waals surface area contributed by atoms with Gasteiger partial charge in [-0.1, -0.05) is 52.4 Å². The third kappa shape index (κ3) is 5.48. The van der Waals surface area contributed by atoms with Crippen molar-refractivity contribution in [3.8, 4) is 0 Å². The number of ether oxygens (including phenoxy) is 1. The van der Waals surface area contributed by atoms with E-state index in [0.717, 1.165) is 41.9 Å². The Labute approximate surface area is 190 Å². The van der Waals surface area contributed by atoms with E-state index in [9.17, 15) is 4.79 Å². The number of fused-ring (bicyclic) bond motifs is 1. The van der Waals surface area contributed by atoms with Gasteiger partial charge in [-0.05, 0) is 74.8 Å². The highest BCUT2D eigenvalue weighted by Gasteiger charge is 2.32. The third-order valence-electron chi connectivity index (χ3n) is 7.47. The largest absolute Gasteiger partial charge is 0.458 e. The second-order valence-corrected chi connectivity index (χ2v) is 11.9. The van der Waals surface area contributed by atoms with Gasteiger partial charge in [0.25, 0.3) is 0 Å². The van der Waals surface area contributed by atoms with Crippen LogP contribution in [0.2, 0.25) is 0 Å². The highest BCUT2D eigenvalue weighted by molar-refractivity contribution is 7.28. The van der Waals surface area contributed by atoms with E-state index in [1.165, 1.54) is 78.5 Å². The summed E-state index contributed by atoms with van der Waals surface area (Å²) in [5.41, 5.74) is 0. The standard InChI is InChI=1S/C26H38O2S2/c1-3-5-7-18-8-10-19(11-9-18)20-12-14-21(15-13-20)28-26(27)25-17-24-23(30-25)16-22(29-24)6-4-2/h16-21H,3-15H2,1-2H3/t18-,19-,20-,21-. The summed E-state index contributed by atoms with van der Waals surface area (Å²) in [6.45, 7) is 4.52. The van der Waals surface area contributed by atoms with E-state index in [4.69, 9.17) is 4.74 Å². The van der Waals surface area contributed by atoms with E-state index in [1.54, 1.807) is 11.3 Å². The van der Waals surface area contributed by atoms with Gasteiger partial charge in [0.15, 0.2) is 0 Å². The molecule has 2 nitrogen and oxygen atoms in total. The topological polar surface area (TPSA) is 26.3 Å². The average molecular weight is 447 g/mol. The highest BCUT2D eigenvalue weighted by atomic mass is 32.1. The van der Waals surface area contributed by atoms with Crippen molar-refractivity contribution in [2.45, 2.75) is 103 Å². The molecule has 30 heavy (non-hydrogen) atoms. The Morgan fingerprint density at radius 3 is 2.20 bits per heavy atom. The van der Waals surface area contributed by atoms with Crippen molar-refractivity contribution in [2.75, 3.05) is 0 Å². The zero-order chi connectivity index (χ0) is 20.9. The van der Waals surface area contributed by atoms with Crippen LogP contribution in [0.3, 0.4) is 0 Å². The second-order valence-electron chi connectivity index (χ2n) is 9.67. The van der Waals surface area contributed by atoms with Crippen LogP contribution in [0.5, 0.6) is 0 Å². The van der Waals surface area contributed by atoms with E-state index in [1.807, 2.05) is 11.3 Å². The Hall–Kier alpha value is -0.870. The van der Waals surface area contributed by atoms with Crippen molar-refractivity contribution in [3.05, 3.63) is 21.9 Å². The number of hydrogen-bond donors (Lipinski definition) is 0. The Morgan fingerprint density at radius 1 is 0.900 bits per heavy atom. The van der Waals surface area contributed by atoms with Gasteiger partial charge in [0.1, 0.15) is 11.0 Å². The fraction of sp³-hybridized carbons (Fsp3) is 0.731. The minimum atomic E-state index is -0.0969. The van der Waals surface area contributed by atoms with E-state index in [-0.39, 0.29) is 12.1 Å². The Morgan fingerprint density at radius 2 is 1.57 bits per heavy atom. The number of carbonyl (C=O) groups is 1. The van der Waals surface area contributed by atoms with Crippen LogP contribution in [0, 0.1) is 17.8 Å². The number of hydrogen-bond acceptors (Lipinski definition) is 4. The molecule has 4 rings (SSSR count). The number of unbranched alkanes of at least 4 members (excludes halogenated alkanes) is 1. The molecule has 2 aromatic heterocycles. The molecular formula is C26H38O2S2. The van der Waals surface area contributed by atoms with Gasteiger partial charge in [-0.25, -0.2) is 4.79 Å². The Bertz CT molecular complexity index is 773. The van der Waals surface area contributed by atoms with Gasteiger partial charge in [-0.2, -0.15) is 0 Å². The lowest BCUT2D eigenvalue weighted by Crippen LogP contribution is -2.29. The summed E-state index contributed by atoms with van der Waals surface area (Å²) in [7, 11) is 0. The third-order valence-corrected chi connectivity index (χ3v) is 9.81. The van der Waals surface area contributed by atoms with Crippen LogP contribution < -0.4 is 0 Å². The maximum atomic E-state index is 12.7. The van der Waals surface area contributed by atoms with Crippen LogP contribution in [0.4, 0.5) is 0 Å². The molecule has 2 aliphatic carbocycles. The molecule has 166 valence electrons. The van der Waals surface area contributed by atoms with Crippen molar-refractivity contribution in [3.63, 3.8) is 0 Å². The molecule has 4 heteroatoms. The van der Waals surface area contributed by atoms with Gasteiger partial charge in [0.05, 0.1) is 0 Å². The van der Waals surface area contributed by atoms with E-state index in [2.05, 4.69) is 26.0 Å². The normalized spacial score (nSPS) is 27.4. The molecule has 0 atom stereocenters. The summed E-state index contributed by atoms with van der Waals surface area (Å²) in [4.78, 5) is 14.9. The first-order chi connectivity index (χ1) is 14.7. The molecule has 2 aromatic rings. The average Bonchev–Trinajstić information content (AvgIpc) is 3.32. The van der Waals surface area contributed by atoms with Gasteiger partial charge < -0.3 is 4.74 Å². The maximum absolute atomic E-state index is 12.7. The maximum Gasteiger partial charge on any atom is 0.348 e. The Balaban J connectivity index is 1.22. The molecule has 0 radical (unpaired) electrons. The van der Waals surface area contributed by atoms with E-state index >= 15 is 0 Å². The van der Waals surface area contributed by atoms with Crippen LogP contribution in [0.15, 0.2) is 12.1 Å². The van der Waals surface area contributed by atoms with Crippen molar-refractivity contribution in [2.24, 2.45) is 17.8 Å². The lowest BCUT2D eigenvalue weighted by molar-refractivity contribution is 0.0114. The van der Waals surface area contributed by atoms with Gasteiger partial charge >= 0.3 is 5.97 Å². The number of rotatable bonds is 8. The van der Waals surface area contributed by atoms with Crippen molar-refractivity contribution in [1.29, 1.82) is 0 Å². The van der Waals surface area contributed by atoms with Gasteiger partial charge in [0, 0.05) is 14.3 Å². The summed E-state index contributed by atoms with van der Waals surface area (Å²) in [6.07, 6.45) is 17.1. The van der Waals surface area contributed by atoms with E-state index in [0.29, 0.717) is 0 Å². The van der Waals surface area contributed by atoms with Crippen molar-refractivity contribution >= 4 is 38.0 Å². The van der Waals surface area contributed by atoms with Crippen molar-refractivity contribution in [1.82, 2.24) is 0 Å². The lowest BCUT2D eigenvalue weighted by atomic mass is 9.70. The number of esters is 1. The molecule has 0 spiro atoms. The first-order valence-electron chi connectivity index (χ1n) is 12.4. The Kier molecular flexibility index (Phi) is 7.91. The first kappa shape index (κ1) is 22.3. The highest BCUT2D eigenvalue weighted by Crippen LogP contribution is 2.42. The molecule has 0 saturated heterocycles. The zero-order valence-corrected chi connectivity index (χ0v) is 20.4. The molecule has 0 aliphatic heterocycles. The molecule has 2 fully saturated rings. The predicted molar refractivity (Wildman–Crippen MR) is 130 cm³/mol. The number of aryl methyl sites for hydroxylation is 1. The second kappa shape index (κ2) is 10.6. The molecule has 2 saturated carbocycles. The van der Waals surface area contributed by atoms with Gasteiger partial charge in [0.2, 0.25) is 0 Å². The molecule has 0 unspecified atom stereocenters. The summed E-state index contributed by atoms with van der Waals surface area (Å²) in [5.74, 6) is 2.70. The van der Waals surface area contributed by atoms with Crippen LogP contribution in [0.25, 0.3) is 9.40 Å². The minimum absolute atomic E-state index is 0.0969. The molecule has 2 aliphatic rings. The molecule has 2 heterocycles. The summed E-state index contributed by atoms with van der Waals surface area (Å²) >= 11 is 3.43. The lowest BCUT2D eigenvalue weighted by Gasteiger charge is -2.37. The van der Waals surface area contributed by atoms with Crippen LogP contribution in [-0.4, -0.2) is 12.1 Å². The zero-order valence-electron chi connectivity index (χ0n) is 18.8. The smallest absolute Gasteiger partial charge is 0.348 e. The monoisotopic (exact) mass is 446 g/mol. The summed E-state index contributed by atoms with van der Waals surface area (Å²) < 4.78 is 8.42. The van der Waals surface area contributed by atoms with Crippen molar-refractivity contribution < 1.29 is 9.53 Å². The fourth-order valence-corrected chi connectivity index (χ4v) is 8.09. The summed E-state index contributed by atoms with van der Waals surface area (Å²) in [6, 6.07) is 4.31. The first-order valence-corrected chi connectivity index (χ1v) is 14.0. The van der Waals surface area contributed by atoms with Crippen LogP contribution in [0.1, 0.15) is 105 Å².